The molecule has 156 valence electrons. The molecule has 1 aliphatic heterocycles. The molecule has 2 aromatic rings. The van der Waals surface area contributed by atoms with Crippen LogP contribution in [0.15, 0.2) is 23.0 Å². The molecule has 0 bridgehead atoms. The van der Waals surface area contributed by atoms with Crippen LogP contribution in [0.25, 0.3) is 11.0 Å². The van der Waals surface area contributed by atoms with Gasteiger partial charge in [-0.05, 0) is 63.6 Å². The van der Waals surface area contributed by atoms with Gasteiger partial charge in [-0.25, -0.2) is 4.79 Å². The number of benzene rings is 1. The van der Waals surface area contributed by atoms with Crippen LogP contribution in [0.3, 0.4) is 0 Å². The van der Waals surface area contributed by atoms with Crippen molar-refractivity contribution in [2.45, 2.75) is 69.5 Å². The first-order valence-electron chi connectivity index (χ1n) is 10.3. The second kappa shape index (κ2) is 9.21. The molecule has 7 heteroatoms. The molecule has 0 radical (unpaired) electrons. The molecule has 1 aromatic carbocycles. The van der Waals surface area contributed by atoms with Gasteiger partial charge in [0.05, 0.1) is 22.5 Å². The Morgan fingerprint density at radius 1 is 1.21 bits per heavy atom. The lowest BCUT2D eigenvalue weighted by Gasteiger charge is -2.43. The van der Waals surface area contributed by atoms with Crippen molar-refractivity contribution >= 4 is 35.0 Å². The largest absolute Gasteiger partial charge is 0.378 e. The highest BCUT2D eigenvalue weighted by Crippen LogP contribution is 2.33. The van der Waals surface area contributed by atoms with E-state index in [1.807, 2.05) is 11.5 Å². The molecule has 3 unspecified atom stereocenters. The topological polar surface area (TPSA) is 50.3 Å². The smallest absolute Gasteiger partial charge is 0.326 e. The van der Waals surface area contributed by atoms with Crippen molar-refractivity contribution in [3.8, 4) is 0 Å². The van der Waals surface area contributed by atoms with Gasteiger partial charge >= 0.3 is 5.69 Å². The lowest BCUT2D eigenvalue weighted by atomic mass is 9.89. The summed E-state index contributed by atoms with van der Waals surface area (Å²) in [7, 11) is 0. The van der Waals surface area contributed by atoms with Crippen LogP contribution in [0.5, 0.6) is 0 Å². The number of aromatic amines is 1. The molecule has 2 heterocycles. The number of ether oxygens (including phenoxy) is 1. The quantitative estimate of drug-likeness (QED) is 0.741. The van der Waals surface area contributed by atoms with Crippen molar-refractivity contribution in [2.24, 2.45) is 0 Å². The SMILES string of the molecule is CCOC1CCC(N2CCC(n3c(=O)[nH]c4cc(C)ccc43)CC2)C(Cl)C1.Cl. The zero-order chi connectivity index (χ0) is 19.0. The monoisotopic (exact) mass is 427 g/mol. The van der Waals surface area contributed by atoms with Gasteiger partial charge in [0.15, 0.2) is 0 Å². The second-order valence-electron chi connectivity index (χ2n) is 8.06. The van der Waals surface area contributed by atoms with E-state index in [0.717, 1.165) is 62.8 Å². The molecule has 1 aromatic heterocycles. The van der Waals surface area contributed by atoms with Crippen LogP contribution < -0.4 is 5.69 Å². The Hall–Kier alpha value is -1.01. The maximum Gasteiger partial charge on any atom is 0.326 e. The van der Waals surface area contributed by atoms with E-state index >= 15 is 0 Å². The van der Waals surface area contributed by atoms with Crippen LogP contribution in [-0.4, -0.2) is 51.7 Å². The number of hydrogen-bond donors (Lipinski definition) is 1. The highest BCUT2D eigenvalue weighted by atomic mass is 35.5. The number of imidazole rings is 1. The number of piperidine rings is 1. The van der Waals surface area contributed by atoms with Gasteiger partial charge in [0.1, 0.15) is 0 Å². The first-order valence-corrected chi connectivity index (χ1v) is 10.7. The van der Waals surface area contributed by atoms with Gasteiger partial charge in [0.25, 0.3) is 0 Å². The third-order valence-corrected chi connectivity index (χ3v) is 6.77. The van der Waals surface area contributed by atoms with Crippen LogP contribution >= 0.6 is 24.0 Å². The molecule has 1 aliphatic carbocycles. The number of halogens is 2. The molecular weight excluding hydrogens is 397 g/mol. The molecule has 1 saturated carbocycles. The number of nitrogens with zero attached hydrogens (tertiary/aromatic N) is 2. The molecule has 1 saturated heterocycles. The summed E-state index contributed by atoms with van der Waals surface area (Å²) in [6.07, 6.45) is 5.46. The van der Waals surface area contributed by atoms with Gasteiger partial charge in [0, 0.05) is 31.8 Å². The Balaban J connectivity index is 0.00000225. The normalized spacial score (nSPS) is 27.0. The average molecular weight is 428 g/mol. The lowest BCUT2D eigenvalue weighted by Crippen LogP contribution is -2.49. The summed E-state index contributed by atoms with van der Waals surface area (Å²) in [6.45, 7) is 6.87. The van der Waals surface area contributed by atoms with Crippen LogP contribution in [0.1, 0.15) is 50.6 Å². The summed E-state index contributed by atoms with van der Waals surface area (Å²) >= 11 is 6.72. The molecule has 0 spiro atoms. The molecule has 0 amide bonds. The number of aromatic nitrogens is 2. The summed E-state index contributed by atoms with van der Waals surface area (Å²) in [6, 6.07) is 6.90. The number of rotatable bonds is 4. The molecular formula is C21H31Cl2N3O2. The number of likely N-dealkylation sites (tertiary alicyclic amines) is 1. The number of H-pyrrole nitrogens is 1. The maximum absolute atomic E-state index is 12.5. The second-order valence-corrected chi connectivity index (χ2v) is 8.62. The fourth-order valence-electron chi connectivity index (χ4n) is 4.95. The van der Waals surface area contributed by atoms with E-state index in [-0.39, 0.29) is 29.5 Å². The Labute approximate surface area is 177 Å². The molecule has 2 aliphatic rings. The minimum atomic E-state index is 0. The summed E-state index contributed by atoms with van der Waals surface area (Å²) in [4.78, 5) is 18.1. The Bertz CT molecular complexity index is 842. The molecule has 1 N–H and O–H groups in total. The summed E-state index contributed by atoms with van der Waals surface area (Å²) in [5.41, 5.74) is 3.15. The summed E-state index contributed by atoms with van der Waals surface area (Å²) < 4.78 is 7.74. The minimum Gasteiger partial charge on any atom is -0.378 e. The molecule has 5 nitrogen and oxygen atoms in total. The van der Waals surface area contributed by atoms with Gasteiger partial charge in [0.2, 0.25) is 0 Å². The van der Waals surface area contributed by atoms with Crippen molar-refractivity contribution in [1.82, 2.24) is 14.5 Å². The minimum absolute atomic E-state index is 0. The zero-order valence-corrected chi connectivity index (χ0v) is 18.3. The fourth-order valence-corrected chi connectivity index (χ4v) is 5.43. The van der Waals surface area contributed by atoms with E-state index in [9.17, 15) is 4.79 Å². The number of nitrogens with one attached hydrogen (secondary N) is 1. The number of aryl methyl sites for hydroxylation is 1. The Morgan fingerprint density at radius 2 is 1.96 bits per heavy atom. The van der Waals surface area contributed by atoms with Gasteiger partial charge in [-0.2, -0.15) is 0 Å². The van der Waals surface area contributed by atoms with Gasteiger partial charge in [-0.3, -0.25) is 9.47 Å². The van der Waals surface area contributed by atoms with E-state index in [1.165, 1.54) is 5.56 Å². The predicted octanol–water partition coefficient (Wildman–Crippen LogP) is 4.26. The van der Waals surface area contributed by atoms with Crippen molar-refractivity contribution in [3.63, 3.8) is 0 Å². The van der Waals surface area contributed by atoms with Gasteiger partial charge in [-0.1, -0.05) is 6.07 Å². The van der Waals surface area contributed by atoms with Crippen molar-refractivity contribution in [3.05, 3.63) is 34.2 Å². The number of alkyl halides is 1. The van der Waals surface area contributed by atoms with Crippen molar-refractivity contribution < 1.29 is 4.74 Å². The summed E-state index contributed by atoms with van der Waals surface area (Å²) in [5, 5.41) is 0.158. The number of fused-ring (bicyclic) bond motifs is 1. The zero-order valence-electron chi connectivity index (χ0n) is 16.7. The van der Waals surface area contributed by atoms with Crippen molar-refractivity contribution in [1.29, 1.82) is 0 Å². The van der Waals surface area contributed by atoms with E-state index < -0.39 is 0 Å². The van der Waals surface area contributed by atoms with E-state index in [2.05, 4.69) is 35.0 Å². The average Bonchev–Trinajstić information content (AvgIpc) is 2.97. The molecule has 3 atom stereocenters. The van der Waals surface area contributed by atoms with Gasteiger partial charge < -0.3 is 9.72 Å². The molecule has 4 rings (SSSR count). The van der Waals surface area contributed by atoms with Crippen LogP contribution in [0.4, 0.5) is 0 Å². The van der Waals surface area contributed by atoms with E-state index in [0.29, 0.717) is 12.1 Å². The third kappa shape index (κ3) is 4.28. The Morgan fingerprint density at radius 3 is 2.64 bits per heavy atom. The van der Waals surface area contributed by atoms with Crippen molar-refractivity contribution in [2.75, 3.05) is 19.7 Å². The van der Waals surface area contributed by atoms with Crippen LogP contribution in [0, 0.1) is 6.92 Å². The predicted molar refractivity (Wildman–Crippen MR) is 117 cm³/mol. The molecule has 28 heavy (non-hydrogen) atoms. The summed E-state index contributed by atoms with van der Waals surface area (Å²) in [5.74, 6) is 0. The van der Waals surface area contributed by atoms with Gasteiger partial charge in [-0.15, -0.1) is 24.0 Å². The highest BCUT2D eigenvalue weighted by molar-refractivity contribution is 6.21. The number of hydrogen-bond acceptors (Lipinski definition) is 3. The van der Waals surface area contributed by atoms with E-state index in [4.69, 9.17) is 16.3 Å². The van der Waals surface area contributed by atoms with E-state index in [1.54, 1.807) is 0 Å². The molecule has 2 fully saturated rings. The fraction of sp³-hybridized carbons (Fsp3) is 0.667. The third-order valence-electron chi connectivity index (χ3n) is 6.30. The first kappa shape index (κ1) is 21.7. The first-order chi connectivity index (χ1) is 13.1. The lowest BCUT2D eigenvalue weighted by molar-refractivity contribution is 0.0100. The van der Waals surface area contributed by atoms with Crippen LogP contribution in [-0.2, 0) is 4.74 Å². The van der Waals surface area contributed by atoms with Crippen LogP contribution in [0.2, 0.25) is 0 Å². The highest BCUT2D eigenvalue weighted by Gasteiger charge is 2.35. The maximum atomic E-state index is 12.5. The standard InChI is InChI=1S/C21H30ClN3O2.ClH/c1-3-27-16-5-7-19(17(22)13-16)24-10-8-15(9-11-24)25-20-6-4-14(2)12-18(20)23-21(25)26;/h4,6,12,15-17,19H,3,5,7-11,13H2,1-2H3,(H,23,26);1H. The Kier molecular flexibility index (Phi) is 7.13.